The van der Waals surface area contributed by atoms with Crippen LogP contribution in [0.2, 0.25) is 0 Å². The Morgan fingerprint density at radius 2 is 2.00 bits per heavy atom. The Morgan fingerprint density at radius 1 is 1.30 bits per heavy atom. The van der Waals surface area contributed by atoms with E-state index >= 15 is 0 Å². The Bertz CT molecular complexity index is 673. The van der Waals surface area contributed by atoms with Crippen LogP contribution in [-0.2, 0) is 19.6 Å². The molecule has 3 atom stereocenters. The van der Waals surface area contributed by atoms with Crippen molar-refractivity contribution in [1.29, 1.82) is 0 Å². The molecule has 23 heavy (non-hydrogen) atoms. The third kappa shape index (κ3) is 3.27. The number of carbonyl (C=O) groups excluding carboxylic acids is 1. The lowest BCUT2D eigenvalue weighted by Crippen LogP contribution is -2.32. The molecule has 1 aromatic carbocycles. The van der Waals surface area contributed by atoms with E-state index in [1.807, 2.05) is 6.92 Å². The summed E-state index contributed by atoms with van der Waals surface area (Å²) in [6.07, 6.45) is 0.866. The zero-order chi connectivity index (χ0) is 16.6. The second kappa shape index (κ2) is 6.22. The molecule has 6 nitrogen and oxygen atoms in total. The standard InChI is InChI=1S/C16H22N2O4S/c1-11-3-5-14(6-4-11)23(20,21)18-9-12-7-13(8-16(19)17-2)22-15(12)10-18/h3-6,12-13,15H,7-10H2,1-2H3,(H,17,19)/t12-,13+,15+/m0/s1. The average molecular weight is 338 g/mol. The number of hydrogen-bond donors (Lipinski definition) is 1. The summed E-state index contributed by atoms with van der Waals surface area (Å²) in [5.41, 5.74) is 1.03. The van der Waals surface area contributed by atoms with E-state index in [9.17, 15) is 13.2 Å². The highest BCUT2D eigenvalue weighted by Gasteiger charge is 2.46. The number of nitrogens with one attached hydrogen (secondary N) is 1. The average Bonchev–Trinajstić information content (AvgIpc) is 3.06. The van der Waals surface area contributed by atoms with E-state index in [4.69, 9.17) is 4.74 Å². The summed E-state index contributed by atoms with van der Waals surface area (Å²) in [6.45, 7) is 2.76. The maximum Gasteiger partial charge on any atom is 0.243 e. The van der Waals surface area contributed by atoms with Crippen LogP contribution >= 0.6 is 0 Å². The Morgan fingerprint density at radius 3 is 2.61 bits per heavy atom. The predicted octanol–water partition coefficient (Wildman–Crippen LogP) is 0.909. The molecule has 2 fully saturated rings. The molecule has 7 heteroatoms. The van der Waals surface area contributed by atoms with Gasteiger partial charge in [-0.25, -0.2) is 8.42 Å². The number of hydrogen-bond acceptors (Lipinski definition) is 4. The molecule has 3 rings (SSSR count). The minimum Gasteiger partial charge on any atom is -0.373 e. The number of rotatable bonds is 4. The van der Waals surface area contributed by atoms with Crippen LogP contribution in [0.1, 0.15) is 18.4 Å². The maximum absolute atomic E-state index is 12.7. The van der Waals surface area contributed by atoms with Crippen molar-refractivity contribution in [3.05, 3.63) is 29.8 Å². The molecule has 0 aromatic heterocycles. The van der Waals surface area contributed by atoms with Gasteiger partial charge in [-0.3, -0.25) is 4.79 Å². The summed E-state index contributed by atoms with van der Waals surface area (Å²) in [7, 11) is -1.86. The third-order valence-electron chi connectivity index (χ3n) is 4.63. The third-order valence-corrected chi connectivity index (χ3v) is 6.48. The van der Waals surface area contributed by atoms with Crippen molar-refractivity contribution in [2.45, 2.75) is 36.9 Å². The molecular weight excluding hydrogens is 316 g/mol. The van der Waals surface area contributed by atoms with E-state index < -0.39 is 10.0 Å². The first-order chi connectivity index (χ1) is 10.9. The molecule has 0 bridgehead atoms. The molecule has 0 saturated carbocycles. The smallest absolute Gasteiger partial charge is 0.243 e. The van der Waals surface area contributed by atoms with Gasteiger partial charge in [0, 0.05) is 26.1 Å². The molecule has 0 aliphatic carbocycles. The van der Waals surface area contributed by atoms with Crippen molar-refractivity contribution in [3.63, 3.8) is 0 Å². The first-order valence-corrected chi connectivity index (χ1v) is 9.27. The number of nitrogens with zero attached hydrogens (tertiary/aromatic N) is 1. The topological polar surface area (TPSA) is 75.7 Å². The lowest BCUT2D eigenvalue weighted by atomic mass is 10.0. The molecule has 126 valence electrons. The number of amides is 1. The normalized spacial score (nSPS) is 27.8. The van der Waals surface area contributed by atoms with Crippen molar-refractivity contribution in [2.75, 3.05) is 20.1 Å². The SMILES string of the molecule is CNC(=O)C[C@H]1C[C@H]2CN(S(=O)(=O)c3ccc(C)cc3)C[C@H]2O1. The van der Waals surface area contributed by atoms with Crippen LogP contribution in [0.4, 0.5) is 0 Å². The number of fused-ring (bicyclic) bond motifs is 1. The van der Waals surface area contributed by atoms with Crippen LogP contribution in [0.15, 0.2) is 29.2 Å². The fraction of sp³-hybridized carbons (Fsp3) is 0.562. The van der Waals surface area contributed by atoms with E-state index in [2.05, 4.69) is 5.32 Å². The van der Waals surface area contributed by atoms with Crippen molar-refractivity contribution >= 4 is 15.9 Å². The number of aryl methyl sites for hydroxylation is 1. The van der Waals surface area contributed by atoms with Gasteiger partial charge in [0.15, 0.2) is 0 Å². The predicted molar refractivity (Wildman–Crippen MR) is 85.4 cm³/mol. The van der Waals surface area contributed by atoms with Gasteiger partial charge in [0.05, 0.1) is 23.5 Å². The quantitative estimate of drug-likeness (QED) is 0.885. The van der Waals surface area contributed by atoms with E-state index in [0.717, 1.165) is 12.0 Å². The minimum absolute atomic E-state index is 0.0425. The summed E-state index contributed by atoms with van der Waals surface area (Å²) in [5.74, 6) is 0.129. The van der Waals surface area contributed by atoms with E-state index in [1.165, 1.54) is 4.31 Å². The molecule has 1 amide bonds. The number of sulfonamides is 1. The molecule has 0 unspecified atom stereocenters. The molecule has 1 aromatic rings. The van der Waals surface area contributed by atoms with Crippen LogP contribution in [0.3, 0.4) is 0 Å². The monoisotopic (exact) mass is 338 g/mol. The summed E-state index contributed by atoms with van der Waals surface area (Å²) in [6, 6.07) is 6.90. The highest BCUT2D eigenvalue weighted by molar-refractivity contribution is 7.89. The zero-order valence-corrected chi connectivity index (χ0v) is 14.2. The molecular formula is C16H22N2O4S. The van der Waals surface area contributed by atoms with Crippen molar-refractivity contribution in [1.82, 2.24) is 9.62 Å². The molecule has 2 aliphatic rings. The second-order valence-electron chi connectivity index (χ2n) is 6.30. The second-order valence-corrected chi connectivity index (χ2v) is 8.24. The van der Waals surface area contributed by atoms with Gasteiger partial charge >= 0.3 is 0 Å². The summed E-state index contributed by atoms with van der Waals surface area (Å²) >= 11 is 0. The molecule has 1 N–H and O–H groups in total. The molecule has 0 spiro atoms. The van der Waals surface area contributed by atoms with E-state index in [-0.39, 0.29) is 24.0 Å². The van der Waals surface area contributed by atoms with Crippen molar-refractivity contribution in [2.24, 2.45) is 5.92 Å². The van der Waals surface area contributed by atoms with E-state index in [1.54, 1.807) is 31.3 Å². The van der Waals surface area contributed by atoms with Crippen molar-refractivity contribution in [3.8, 4) is 0 Å². The minimum atomic E-state index is -3.47. The zero-order valence-electron chi connectivity index (χ0n) is 13.4. The Kier molecular flexibility index (Phi) is 4.44. The van der Waals surface area contributed by atoms with Gasteiger partial charge in [-0.05, 0) is 25.5 Å². The van der Waals surface area contributed by atoms with Crippen molar-refractivity contribution < 1.29 is 17.9 Å². The van der Waals surface area contributed by atoms with Gasteiger partial charge in [0.1, 0.15) is 0 Å². The largest absolute Gasteiger partial charge is 0.373 e. The van der Waals surface area contributed by atoms with Gasteiger partial charge in [0.2, 0.25) is 15.9 Å². The Labute approximate surface area is 136 Å². The van der Waals surface area contributed by atoms with Gasteiger partial charge in [-0.2, -0.15) is 4.31 Å². The summed E-state index contributed by atoms with van der Waals surface area (Å²) < 4.78 is 32.8. The molecule has 2 aliphatic heterocycles. The number of carbonyl (C=O) groups is 1. The van der Waals surface area contributed by atoms with Crippen LogP contribution < -0.4 is 5.32 Å². The molecule has 0 radical (unpaired) electrons. The lowest BCUT2D eigenvalue weighted by molar-refractivity contribution is -0.123. The maximum atomic E-state index is 12.7. The fourth-order valence-corrected chi connectivity index (χ4v) is 4.83. The summed E-state index contributed by atoms with van der Waals surface area (Å²) in [4.78, 5) is 11.8. The van der Waals surface area contributed by atoms with Gasteiger partial charge in [-0.15, -0.1) is 0 Å². The van der Waals surface area contributed by atoms with Crippen LogP contribution in [0.25, 0.3) is 0 Å². The van der Waals surface area contributed by atoms with Crippen LogP contribution in [-0.4, -0.2) is 51.0 Å². The Balaban J connectivity index is 1.66. The highest BCUT2D eigenvalue weighted by Crippen LogP contribution is 2.36. The van der Waals surface area contributed by atoms with Gasteiger partial charge in [0.25, 0.3) is 0 Å². The lowest BCUT2D eigenvalue weighted by Gasteiger charge is -2.19. The number of ether oxygens (including phenoxy) is 1. The summed E-state index contributed by atoms with van der Waals surface area (Å²) in [5, 5.41) is 2.59. The Hall–Kier alpha value is -1.44. The van der Waals surface area contributed by atoms with Gasteiger partial charge < -0.3 is 10.1 Å². The highest BCUT2D eigenvalue weighted by atomic mass is 32.2. The fourth-order valence-electron chi connectivity index (χ4n) is 3.32. The number of benzene rings is 1. The first kappa shape index (κ1) is 16.4. The first-order valence-electron chi connectivity index (χ1n) is 7.83. The van der Waals surface area contributed by atoms with Crippen LogP contribution in [0, 0.1) is 12.8 Å². The van der Waals surface area contributed by atoms with Crippen LogP contribution in [0.5, 0.6) is 0 Å². The molecule has 2 heterocycles. The molecule has 2 saturated heterocycles. The van der Waals surface area contributed by atoms with E-state index in [0.29, 0.717) is 24.4 Å². The van der Waals surface area contributed by atoms with Gasteiger partial charge in [-0.1, -0.05) is 17.7 Å².